The lowest BCUT2D eigenvalue weighted by atomic mass is 10.1. The van der Waals surface area contributed by atoms with Crippen LogP contribution in [-0.4, -0.2) is 15.3 Å². The third-order valence-electron chi connectivity index (χ3n) is 2.52. The average molecular weight is 265 g/mol. The molecule has 2 aromatic rings. The molecule has 0 saturated heterocycles. The van der Waals surface area contributed by atoms with E-state index in [1.807, 2.05) is 24.3 Å². The standard InChI is InChI=1S/C10H8O2S.C4H11N/c11-13(12)10-6-5-8-3-1-2-4-9(8)7-10;1-2-3-4-5/h1-7H,(H,11,12);2-5H2,1H3. The van der Waals surface area contributed by atoms with Gasteiger partial charge in [-0.15, -0.1) is 0 Å². The maximum atomic E-state index is 10.6. The topological polar surface area (TPSA) is 67.8 Å². The lowest BCUT2D eigenvalue weighted by Crippen LogP contribution is -2.49. The molecule has 1 atom stereocenters. The van der Waals surface area contributed by atoms with Gasteiger partial charge in [0.1, 0.15) is 0 Å². The van der Waals surface area contributed by atoms with Crippen molar-refractivity contribution in [3.8, 4) is 0 Å². The zero-order valence-corrected chi connectivity index (χ0v) is 11.4. The first-order chi connectivity index (χ1) is 8.69. The predicted octanol–water partition coefficient (Wildman–Crippen LogP) is 2.11. The lowest BCUT2D eigenvalue weighted by Gasteiger charge is -2.05. The Kier molecular flexibility index (Phi) is 6.57. The van der Waals surface area contributed by atoms with E-state index in [1.165, 1.54) is 12.8 Å². The van der Waals surface area contributed by atoms with Gasteiger partial charge in [0, 0.05) is 4.90 Å². The third kappa shape index (κ3) is 4.56. The fourth-order valence-corrected chi connectivity index (χ4v) is 1.92. The van der Waals surface area contributed by atoms with Crippen LogP contribution in [0.1, 0.15) is 19.8 Å². The fraction of sp³-hybridized carbons (Fsp3) is 0.286. The maximum absolute atomic E-state index is 10.6. The van der Waals surface area contributed by atoms with Crippen LogP contribution in [0.25, 0.3) is 10.8 Å². The van der Waals surface area contributed by atoms with E-state index < -0.39 is 11.1 Å². The summed E-state index contributed by atoms with van der Waals surface area (Å²) in [6.07, 6.45) is 2.56. The number of rotatable bonds is 3. The summed E-state index contributed by atoms with van der Waals surface area (Å²) < 4.78 is 21.3. The second kappa shape index (κ2) is 7.97. The van der Waals surface area contributed by atoms with Gasteiger partial charge in [0.05, 0.1) is 6.54 Å². The van der Waals surface area contributed by atoms with Crippen LogP contribution in [0.4, 0.5) is 0 Å². The van der Waals surface area contributed by atoms with Crippen molar-refractivity contribution in [2.75, 3.05) is 6.54 Å². The van der Waals surface area contributed by atoms with Gasteiger partial charge in [0.2, 0.25) is 0 Å². The molecule has 0 radical (unpaired) electrons. The Morgan fingerprint density at radius 1 is 1.17 bits per heavy atom. The van der Waals surface area contributed by atoms with E-state index in [1.54, 1.807) is 18.2 Å². The predicted molar refractivity (Wildman–Crippen MR) is 73.8 cm³/mol. The highest BCUT2D eigenvalue weighted by Gasteiger charge is 1.94. The molecular weight excluding hydrogens is 246 g/mol. The molecule has 0 fully saturated rings. The van der Waals surface area contributed by atoms with Crippen LogP contribution < -0.4 is 5.73 Å². The summed E-state index contributed by atoms with van der Waals surface area (Å²) in [6, 6.07) is 12.7. The Hall–Kier alpha value is -1.23. The van der Waals surface area contributed by atoms with Crippen molar-refractivity contribution < 1.29 is 14.5 Å². The molecule has 3 N–H and O–H groups in total. The Labute approximate surface area is 110 Å². The summed E-state index contributed by atoms with van der Waals surface area (Å²) in [4.78, 5) is 0.332. The first-order valence-corrected chi connectivity index (χ1v) is 7.13. The molecule has 0 aliphatic rings. The van der Waals surface area contributed by atoms with Crippen LogP contribution in [0.15, 0.2) is 47.4 Å². The zero-order chi connectivity index (χ0) is 13.4. The molecule has 0 spiro atoms. The van der Waals surface area contributed by atoms with E-state index in [4.69, 9.17) is 0 Å². The first kappa shape index (κ1) is 14.8. The number of hydrogen-bond donors (Lipinski definition) is 1. The van der Waals surface area contributed by atoms with Crippen molar-refractivity contribution in [2.24, 2.45) is 0 Å². The average Bonchev–Trinajstić information content (AvgIpc) is 2.40. The normalized spacial score (nSPS) is 11.7. The molecule has 0 aliphatic heterocycles. The van der Waals surface area contributed by atoms with E-state index in [9.17, 15) is 8.76 Å². The van der Waals surface area contributed by atoms with Crippen LogP contribution in [0.3, 0.4) is 0 Å². The summed E-state index contributed by atoms with van der Waals surface area (Å²) >= 11 is -2.13. The van der Waals surface area contributed by atoms with Crippen LogP contribution in [0.2, 0.25) is 0 Å². The number of quaternary nitrogens is 1. The maximum Gasteiger partial charge on any atom is 0.0739 e. The third-order valence-corrected chi connectivity index (χ3v) is 3.16. The smallest absolute Gasteiger partial charge is 0.0739 e. The molecule has 0 bridgehead atoms. The van der Waals surface area contributed by atoms with Gasteiger partial charge in [-0.3, -0.25) is 4.21 Å². The molecule has 2 aromatic carbocycles. The fourth-order valence-electron chi connectivity index (χ4n) is 1.52. The summed E-state index contributed by atoms with van der Waals surface area (Å²) in [7, 11) is 0. The molecule has 0 saturated carbocycles. The Bertz CT molecular complexity index is 512. The summed E-state index contributed by atoms with van der Waals surface area (Å²) in [5, 5.41) is 2.00. The van der Waals surface area contributed by atoms with Gasteiger partial charge in [-0.05, 0) is 40.4 Å². The molecule has 4 heteroatoms. The number of hydrogen-bond acceptors (Lipinski definition) is 2. The minimum Gasteiger partial charge on any atom is -0.768 e. The van der Waals surface area contributed by atoms with Gasteiger partial charge >= 0.3 is 0 Å². The monoisotopic (exact) mass is 265 g/mol. The van der Waals surface area contributed by atoms with Crippen molar-refractivity contribution in [2.45, 2.75) is 24.7 Å². The Balaban J connectivity index is 0.000000280. The molecular formula is C14H19NO2S. The SMILES string of the molecule is CCCC[NH3+].O=S([O-])c1ccc2ccccc2c1. The Morgan fingerprint density at radius 3 is 2.33 bits per heavy atom. The molecule has 18 heavy (non-hydrogen) atoms. The van der Waals surface area contributed by atoms with Crippen molar-refractivity contribution in [3.05, 3.63) is 42.5 Å². The molecule has 0 heterocycles. The van der Waals surface area contributed by atoms with Crippen molar-refractivity contribution in [3.63, 3.8) is 0 Å². The molecule has 0 aliphatic carbocycles. The summed E-state index contributed by atoms with van der Waals surface area (Å²) in [5.74, 6) is 0. The minimum absolute atomic E-state index is 0.332. The highest BCUT2D eigenvalue weighted by atomic mass is 32.2. The van der Waals surface area contributed by atoms with Gasteiger partial charge < -0.3 is 10.3 Å². The summed E-state index contributed by atoms with van der Waals surface area (Å²) in [5.41, 5.74) is 3.68. The first-order valence-electron chi connectivity index (χ1n) is 6.06. The van der Waals surface area contributed by atoms with Crippen molar-refractivity contribution in [1.82, 2.24) is 0 Å². The van der Waals surface area contributed by atoms with Crippen LogP contribution in [-0.2, 0) is 11.1 Å². The highest BCUT2D eigenvalue weighted by molar-refractivity contribution is 7.79. The van der Waals surface area contributed by atoms with Gasteiger partial charge in [0.25, 0.3) is 0 Å². The minimum atomic E-state index is -2.13. The lowest BCUT2D eigenvalue weighted by molar-refractivity contribution is -0.368. The zero-order valence-electron chi connectivity index (χ0n) is 10.6. The van der Waals surface area contributed by atoms with Crippen LogP contribution in [0.5, 0.6) is 0 Å². The second-order valence-corrected chi connectivity index (χ2v) is 4.89. The van der Waals surface area contributed by atoms with Crippen molar-refractivity contribution >= 4 is 21.9 Å². The van der Waals surface area contributed by atoms with Gasteiger partial charge in [-0.25, -0.2) is 0 Å². The molecule has 98 valence electrons. The summed E-state index contributed by atoms with van der Waals surface area (Å²) in [6.45, 7) is 3.27. The Morgan fingerprint density at radius 2 is 1.83 bits per heavy atom. The molecule has 2 rings (SSSR count). The van der Waals surface area contributed by atoms with E-state index in [0.717, 1.165) is 17.3 Å². The van der Waals surface area contributed by atoms with Gasteiger partial charge in [-0.2, -0.15) is 0 Å². The van der Waals surface area contributed by atoms with E-state index >= 15 is 0 Å². The molecule has 0 amide bonds. The number of unbranched alkanes of at least 4 members (excludes halogenated alkanes) is 1. The second-order valence-electron chi connectivity index (χ2n) is 3.95. The van der Waals surface area contributed by atoms with E-state index in [0.29, 0.717) is 4.90 Å². The van der Waals surface area contributed by atoms with Gasteiger partial charge in [-0.1, -0.05) is 43.7 Å². The molecule has 1 unspecified atom stereocenters. The van der Waals surface area contributed by atoms with Crippen LogP contribution in [0, 0.1) is 0 Å². The van der Waals surface area contributed by atoms with Crippen LogP contribution >= 0.6 is 0 Å². The molecule has 0 aromatic heterocycles. The van der Waals surface area contributed by atoms with Crippen molar-refractivity contribution in [1.29, 1.82) is 0 Å². The molecule has 3 nitrogen and oxygen atoms in total. The van der Waals surface area contributed by atoms with E-state index in [-0.39, 0.29) is 0 Å². The number of fused-ring (bicyclic) bond motifs is 1. The number of benzene rings is 2. The highest BCUT2D eigenvalue weighted by Crippen LogP contribution is 2.16. The quantitative estimate of drug-likeness (QED) is 0.864. The van der Waals surface area contributed by atoms with Gasteiger partial charge in [0.15, 0.2) is 0 Å². The largest absolute Gasteiger partial charge is 0.768 e. The van der Waals surface area contributed by atoms with E-state index in [2.05, 4.69) is 12.7 Å².